The molecule has 1 heterocycles. The quantitative estimate of drug-likeness (QED) is 0.282. The van der Waals surface area contributed by atoms with Crippen LogP contribution in [-0.2, 0) is 0 Å². The van der Waals surface area contributed by atoms with E-state index in [1.807, 2.05) is 24.3 Å². The van der Waals surface area contributed by atoms with Crippen molar-refractivity contribution in [3.05, 3.63) is 30.6 Å². The zero-order valence-corrected chi connectivity index (χ0v) is 14.4. The van der Waals surface area contributed by atoms with Gasteiger partial charge < -0.3 is 22.4 Å². The van der Waals surface area contributed by atoms with Gasteiger partial charge in [0.25, 0.3) is 0 Å². The Morgan fingerprint density at radius 1 is 1.08 bits per heavy atom. The summed E-state index contributed by atoms with van der Waals surface area (Å²) in [5.41, 5.74) is 17.1. The fourth-order valence-electron chi connectivity index (χ4n) is 5.12. The third kappa shape index (κ3) is 4.22. The second kappa shape index (κ2) is 6.92. The molecule has 4 aliphatic rings. The molecule has 8 N–H and O–H groups in total. The number of nitrogens with two attached hydrogens (primary N) is 3. The van der Waals surface area contributed by atoms with Crippen molar-refractivity contribution in [3.8, 4) is 0 Å². The molecule has 0 unspecified atom stereocenters. The van der Waals surface area contributed by atoms with Gasteiger partial charge in [-0.3, -0.25) is 5.41 Å². The van der Waals surface area contributed by atoms with E-state index >= 15 is 0 Å². The van der Waals surface area contributed by atoms with Crippen molar-refractivity contribution in [1.29, 1.82) is 5.41 Å². The van der Waals surface area contributed by atoms with Gasteiger partial charge in [-0.15, -0.1) is 0 Å². The Kier molecular flexibility index (Phi) is 4.85. The Morgan fingerprint density at radius 3 is 2.00 bits per heavy atom. The number of rotatable bonds is 0. The number of nitrogens with zero attached hydrogens (tertiary/aromatic N) is 2. The molecule has 136 valence electrons. The molecule has 1 aromatic heterocycles. The van der Waals surface area contributed by atoms with Crippen LogP contribution in [0.5, 0.6) is 0 Å². The number of nitrogens with one attached hydrogen (secondary N) is 1. The lowest BCUT2D eigenvalue weighted by Gasteiger charge is -2.55. The fourth-order valence-corrected chi connectivity index (χ4v) is 5.12. The molecular formula is C18H28N6O. The Balaban J connectivity index is 0.000000122. The second-order valence-corrected chi connectivity index (χ2v) is 7.81. The molecule has 4 fully saturated rings. The molecule has 4 bridgehead atoms. The average molecular weight is 344 g/mol. The van der Waals surface area contributed by atoms with Crippen molar-refractivity contribution in [2.24, 2.45) is 35.0 Å². The fraction of sp³-hybridized carbons (Fsp3) is 0.556. The number of aromatic nitrogens is 2. The van der Waals surface area contributed by atoms with E-state index in [-0.39, 0.29) is 5.96 Å². The van der Waals surface area contributed by atoms with Gasteiger partial charge in [0.1, 0.15) is 11.8 Å². The van der Waals surface area contributed by atoms with Crippen molar-refractivity contribution in [3.63, 3.8) is 0 Å². The molecule has 2 aromatic rings. The summed E-state index contributed by atoms with van der Waals surface area (Å²) in [6.07, 6.45) is 9.95. The SMILES string of the molecule is N=C(N)N.NC12CC3CC(CC(C3)C1)C2.On1cnc2ccccc21. The Morgan fingerprint density at radius 2 is 1.56 bits per heavy atom. The Bertz CT molecular complexity index is 701. The van der Waals surface area contributed by atoms with Gasteiger partial charge in [-0.1, -0.05) is 12.1 Å². The molecule has 0 amide bonds. The first kappa shape index (κ1) is 17.5. The third-order valence-electron chi connectivity index (χ3n) is 5.52. The summed E-state index contributed by atoms with van der Waals surface area (Å²) in [4.78, 5) is 3.93. The van der Waals surface area contributed by atoms with E-state index in [0.29, 0.717) is 5.54 Å². The van der Waals surface area contributed by atoms with E-state index in [1.165, 1.54) is 44.9 Å². The van der Waals surface area contributed by atoms with Crippen LogP contribution in [0.25, 0.3) is 11.0 Å². The third-order valence-corrected chi connectivity index (χ3v) is 5.52. The maximum atomic E-state index is 9.07. The van der Waals surface area contributed by atoms with Crippen molar-refractivity contribution in [2.75, 3.05) is 0 Å². The minimum atomic E-state index is -0.333. The van der Waals surface area contributed by atoms with Crippen molar-refractivity contribution in [1.82, 2.24) is 9.71 Å². The lowest BCUT2D eigenvalue weighted by molar-refractivity contribution is 0.000364. The number of benzene rings is 1. The zero-order valence-electron chi connectivity index (χ0n) is 14.4. The van der Waals surface area contributed by atoms with Crippen LogP contribution in [0.15, 0.2) is 30.6 Å². The van der Waals surface area contributed by atoms with Gasteiger partial charge in [0.15, 0.2) is 5.96 Å². The van der Waals surface area contributed by atoms with E-state index in [1.54, 1.807) is 0 Å². The van der Waals surface area contributed by atoms with Gasteiger partial charge in [0.05, 0.1) is 5.52 Å². The molecule has 4 aliphatic carbocycles. The van der Waals surface area contributed by atoms with E-state index < -0.39 is 0 Å². The van der Waals surface area contributed by atoms with Gasteiger partial charge in [0.2, 0.25) is 0 Å². The normalized spacial score (nSPS) is 31.6. The number of guanidine groups is 1. The topological polar surface area (TPSA) is 140 Å². The molecule has 7 nitrogen and oxygen atoms in total. The molecular weight excluding hydrogens is 316 g/mol. The second-order valence-electron chi connectivity index (χ2n) is 7.81. The summed E-state index contributed by atoms with van der Waals surface area (Å²) in [6, 6.07) is 7.40. The number of imidazole rings is 1. The average Bonchev–Trinajstić information content (AvgIpc) is 2.87. The van der Waals surface area contributed by atoms with Crippen LogP contribution in [0.4, 0.5) is 0 Å². The first-order chi connectivity index (χ1) is 11.8. The highest BCUT2D eigenvalue weighted by Crippen LogP contribution is 2.54. The number of para-hydroxylation sites is 2. The Labute approximate surface area is 147 Å². The van der Waals surface area contributed by atoms with Crippen molar-refractivity contribution in [2.45, 2.75) is 44.1 Å². The molecule has 6 rings (SSSR count). The summed E-state index contributed by atoms with van der Waals surface area (Å²) >= 11 is 0. The summed E-state index contributed by atoms with van der Waals surface area (Å²) in [7, 11) is 0. The highest BCUT2D eigenvalue weighted by Gasteiger charge is 2.48. The highest BCUT2D eigenvalue weighted by molar-refractivity contribution is 5.74. The zero-order chi connectivity index (χ0) is 18.0. The van der Waals surface area contributed by atoms with Crippen LogP contribution in [0, 0.1) is 23.2 Å². The van der Waals surface area contributed by atoms with E-state index in [4.69, 9.17) is 16.4 Å². The molecule has 1 aromatic carbocycles. The highest BCUT2D eigenvalue weighted by atomic mass is 16.5. The van der Waals surface area contributed by atoms with Gasteiger partial charge in [0, 0.05) is 5.54 Å². The maximum Gasteiger partial charge on any atom is 0.183 e. The van der Waals surface area contributed by atoms with E-state index in [2.05, 4.69) is 16.5 Å². The predicted octanol–water partition coefficient (Wildman–Crippen LogP) is 2.03. The maximum absolute atomic E-state index is 9.07. The van der Waals surface area contributed by atoms with Crippen LogP contribution < -0.4 is 17.2 Å². The molecule has 4 saturated carbocycles. The number of fused-ring (bicyclic) bond motifs is 1. The monoisotopic (exact) mass is 344 g/mol. The molecule has 0 atom stereocenters. The van der Waals surface area contributed by atoms with E-state index in [9.17, 15) is 0 Å². The predicted molar refractivity (Wildman–Crippen MR) is 98.1 cm³/mol. The smallest absolute Gasteiger partial charge is 0.183 e. The van der Waals surface area contributed by atoms with Crippen LogP contribution in [-0.4, -0.2) is 26.4 Å². The van der Waals surface area contributed by atoms with E-state index in [0.717, 1.165) is 33.5 Å². The summed E-state index contributed by atoms with van der Waals surface area (Å²) in [5.74, 6) is 2.73. The number of hydrogen-bond donors (Lipinski definition) is 5. The molecule has 25 heavy (non-hydrogen) atoms. The van der Waals surface area contributed by atoms with Crippen LogP contribution in [0.3, 0.4) is 0 Å². The standard InChI is InChI=1S/C10H17N.C7H6N2O.CH5N3/c11-10-4-7-1-8(5-10)3-9(2-7)6-10;10-9-5-8-6-3-1-2-4-7(6)9;2-1(3)4/h7-9H,1-6,11H2;1-5,10H;(H5,2,3,4). The molecule has 0 spiro atoms. The van der Waals surface area contributed by atoms with Crippen LogP contribution in [0.2, 0.25) is 0 Å². The summed E-state index contributed by atoms with van der Waals surface area (Å²) in [6.45, 7) is 0. The van der Waals surface area contributed by atoms with Crippen LogP contribution in [0.1, 0.15) is 38.5 Å². The first-order valence-electron chi connectivity index (χ1n) is 8.84. The molecule has 7 heteroatoms. The van der Waals surface area contributed by atoms with Crippen molar-refractivity contribution >= 4 is 17.0 Å². The summed E-state index contributed by atoms with van der Waals surface area (Å²) in [5, 5.41) is 15.1. The lowest BCUT2D eigenvalue weighted by atomic mass is 9.53. The first-order valence-corrected chi connectivity index (χ1v) is 8.84. The van der Waals surface area contributed by atoms with Gasteiger partial charge in [-0.05, 0) is 68.4 Å². The number of hydrogen-bond acceptors (Lipinski definition) is 4. The largest absolute Gasteiger partial charge is 0.427 e. The molecule has 0 aliphatic heterocycles. The molecule has 0 saturated heterocycles. The minimum absolute atomic E-state index is 0.300. The summed E-state index contributed by atoms with van der Waals surface area (Å²) < 4.78 is 1.01. The minimum Gasteiger partial charge on any atom is -0.427 e. The Hall–Kier alpha value is -2.28. The van der Waals surface area contributed by atoms with Gasteiger partial charge >= 0.3 is 0 Å². The van der Waals surface area contributed by atoms with Gasteiger partial charge in [-0.25, -0.2) is 4.98 Å². The van der Waals surface area contributed by atoms with Crippen LogP contribution >= 0.6 is 0 Å². The lowest BCUT2D eigenvalue weighted by Crippen LogP contribution is -2.55. The molecule has 0 radical (unpaired) electrons. The van der Waals surface area contributed by atoms with Crippen molar-refractivity contribution < 1.29 is 5.21 Å². The van der Waals surface area contributed by atoms with Gasteiger partial charge in [-0.2, -0.15) is 4.73 Å².